The van der Waals surface area contributed by atoms with Gasteiger partial charge in [-0.25, -0.2) is 4.79 Å². The van der Waals surface area contributed by atoms with Gasteiger partial charge in [-0.15, -0.1) is 9.35 Å². The summed E-state index contributed by atoms with van der Waals surface area (Å²) < 4.78 is 38.7. The highest BCUT2D eigenvalue weighted by Crippen LogP contribution is 2.54. The van der Waals surface area contributed by atoms with Gasteiger partial charge in [0, 0.05) is 24.1 Å². The van der Waals surface area contributed by atoms with Crippen LogP contribution >= 0.6 is 0 Å². The lowest BCUT2D eigenvalue weighted by Gasteiger charge is -2.48. The average Bonchev–Trinajstić information content (AvgIpc) is 2.94. The molecule has 2 aromatic carbocycles. The van der Waals surface area contributed by atoms with Crippen molar-refractivity contribution in [2.75, 3.05) is 24.7 Å². The van der Waals surface area contributed by atoms with Crippen molar-refractivity contribution in [2.24, 2.45) is 5.41 Å². The van der Waals surface area contributed by atoms with Crippen LogP contribution in [0.3, 0.4) is 0 Å². The Labute approximate surface area is 207 Å². The van der Waals surface area contributed by atoms with Gasteiger partial charge in [0.2, 0.25) is 0 Å². The Bertz CT molecular complexity index is 1120. The van der Waals surface area contributed by atoms with E-state index in [-0.39, 0.29) is 21.8 Å². The number of hydrogen-bond donors (Lipinski definition) is 3. The molecule has 0 saturated carbocycles. The van der Waals surface area contributed by atoms with Crippen molar-refractivity contribution in [3.8, 4) is 11.5 Å². The first kappa shape index (κ1) is 26.8. The molecule has 1 heterocycles. The normalized spacial score (nSPS) is 18.9. The van der Waals surface area contributed by atoms with Gasteiger partial charge < -0.3 is 19.9 Å². The highest BCUT2D eigenvalue weighted by molar-refractivity contribution is 8.15. The first-order valence-corrected chi connectivity index (χ1v) is 14.2. The van der Waals surface area contributed by atoms with Crippen LogP contribution in [0.1, 0.15) is 52.4 Å². The SMILES string of the molecule is CCCCC1(CCCC)CNc2cc(OC)c(O/C=C/C(=O)O)cc2S(=O)(O)(c2ccccc2)C1. The number of carboxylic acids is 1. The van der Waals surface area contributed by atoms with E-state index in [1.807, 2.05) is 6.07 Å². The van der Waals surface area contributed by atoms with E-state index < -0.39 is 15.3 Å². The maximum absolute atomic E-state index is 15.2. The van der Waals surface area contributed by atoms with Gasteiger partial charge in [-0.2, -0.15) is 4.21 Å². The molecule has 2 aromatic rings. The molecule has 35 heavy (non-hydrogen) atoms. The number of ether oxygens (including phenoxy) is 2. The Balaban J connectivity index is 2.26. The lowest BCUT2D eigenvalue weighted by atomic mass is 9.80. The lowest BCUT2D eigenvalue weighted by Crippen LogP contribution is -2.45. The van der Waals surface area contributed by atoms with Crippen molar-refractivity contribution >= 4 is 21.0 Å². The first-order chi connectivity index (χ1) is 16.7. The van der Waals surface area contributed by atoms with Crippen LogP contribution in [-0.4, -0.2) is 39.2 Å². The number of anilines is 1. The Kier molecular flexibility index (Phi) is 8.28. The molecule has 1 aliphatic rings. The Morgan fingerprint density at radius 3 is 2.34 bits per heavy atom. The third-order valence-corrected chi connectivity index (χ3v) is 10.3. The topological polar surface area (TPSA) is 105 Å². The van der Waals surface area contributed by atoms with Crippen LogP contribution in [0.4, 0.5) is 5.69 Å². The predicted octanol–water partition coefficient (Wildman–Crippen LogP) is 6.18. The summed E-state index contributed by atoms with van der Waals surface area (Å²) in [6, 6.07) is 12.0. The van der Waals surface area contributed by atoms with Crippen molar-refractivity contribution < 1.29 is 28.1 Å². The molecule has 7 nitrogen and oxygen atoms in total. The van der Waals surface area contributed by atoms with Crippen LogP contribution in [-0.2, 0) is 14.1 Å². The molecule has 0 radical (unpaired) electrons. The van der Waals surface area contributed by atoms with Crippen LogP contribution in [0.5, 0.6) is 11.5 Å². The van der Waals surface area contributed by atoms with Crippen LogP contribution < -0.4 is 14.8 Å². The largest absolute Gasteiger partial charge is 0.493 e. The maximum Gasteiger partial charge on any atom is 0.331 e. The number of rotatable bonds is 11. The van der Waals surface area contributed by atoms with Crippen LogP contribution in [0.25, 0.3) is 0 Å². The van der Waals surface area contributed by atoms with Crippen LogP contribution in [0, 0.1) is 5.41 Å². The van der Waals surface area contributed by atoms with E-state index in [1.165, 1.54) is 13.2 Å². The summed E-state index contributed by atoms with van der Waals surface area (Å²) in [5.41, 5.74) is 0.145. The van der Waals surface area contributed by atoms with E-state index in [0.29, 0.717) is 22.9 Å². The maximum atomic E-state index is 15.2. The molecule has 8 heteroatoms. The molecule has 1 aliphatic heterocycles. The smallest absolute Gasteiger partial charge is 0.331 e. The average molecular weight is 504 g/mol. The summed E-state index contributed by atoms with van der Waals surface area (Å²) in [6.07, 6.45) is 7.52. The molecule has 0 spiro atoms. The van der Waals surface area contributed by atoms with Gasteiger partial charge in [0.15, 0.2) is 11.5 Å². The molecule has 0 saturated heterocycles. The van der Waals surface area contributed by atoms with Gasteiger partial charge in [-0.05, 0) is 25.0 Å². The summed E-state index contributed by atoms with van der Waals surface area (Å²) in [7, 11) is -3.14. The summed E-state index contributed by atoms with van der Waals surface area (Å²) in [6.45, 7) is 4.85. The van der Waals surface area contributed by atoms with Gasteiger partial charge in [0.1, 0.15) is 0 Å². The van der Waals surface area contributed by atoms with Gasteiger partial charge >= 0.3 is 5.97 Å². The van der Waals surface area contributed by atoms with E-state index in [9.17, 15) is 9.35 Å². The number of carbonyl (C=O) groups is 1. The predicted molar refractivity (Wildman–Crippen MR) is 139 cm³/mol. The van der Waals surface area contributed by atoms with E-state index in [0.717, 1.165) is 50.9 Å². The quantitative estimate of drug-likeness (QED) is 0.248. The van der Waals surface area contributed by atoms with E-state index >= 15 is 4.21 Å². The number of aliphatic carboxylic acids is 1. The Morgan fingerprint density at radius 2 is 1.77 bits per heavy atom. The van der Waals surface area contributed by atoms with Crippen molar-refractivity contribution in [3.63, 3.8) is 0 Å². The number of carboxylic acid groups (broad SMARTS) is 1. The number of fused-ring (bicyclic) bond motifs is 1. The van der Waals surface area contributed by atoms with Gasteiger partial charge in [0.05, 0.1) is 40.7 Å². The lowest BCUT2D eigenvalue weighted by molar-refractivity contribution is -0.131. The first-order valence-electron chi connectivity index (χ1n) is 12.1. The molecule has 3 N–H and O–H groups in total. The van der Waals surface area contributed by atoms with Crippen molar-refractivity contribution in [2.45, 2.75) is 62.2 Å². The molecule has 0 atom stereocenters. The second-order valence-electron chi connectivity index (χ2n) is 9.34. The molecule has 0 aromatic heterocycles. The fraction of sp³-hybridized carbons (Fsp3) is 0.444. The van der Waals surface area contributed by atoms with Gasteiger partial charge in [-0.1, -0.05) is 57.7 Å². The summed E-state index contributed by atoms with van der Waals surface area (Å²) in [5.74, 6) is -0.552. The van der Waals surface area contributed by atoms with E-state index in [4.69, 9.17) is 14.6 Å². The second-order valence-corrected chi connectivity index (χ2v) is 12.7. The zero-order valence-corrected chi connectivity index (χ0v) is 21.6. The molecule has 0 unspecified atom stereocenters. The molecule has 3 rings (SSSR count). The highest BCUT2D eigenvalue weighted by atomic mass is 32.3. The van der Waals surface area contributed by atoms with E-state index in [1.54, 1.807) is 30.3 Å². The third kappa shape index (κ3) is 5.70. The molecule has 0 bridgehead atoms. The fourth-order valence-electron chi connectivity index (χ4n) is 4.89. The molecular formula is C27H37NO6S. The Morgan fingerprint density at radius 1 is 1.11 bits per heavy atom. The standard InChI is InChI=1S/C27H37NO6S/c1-4-6-14-27(15-7-5-2)19-28-22-17-23(33-3)24(34-16-13-26(29)30)18-25(22)35(31,32,20-27)21-11-9-8-10-12-21/h8-13,16-18,28H,4-7,14-15,19-20H2,1-3H3,(H,29,30)(H,31,32)/b16-13+. The number of nitrogens with one attached hydrogen (secondary N) is 1. The zero-order valence-electron chi connectivity index (χ0n) is 20.8. The highest BCUT2D eigenvalue weighted by Gasteiger charge is 2.47. The number of benzene rings is 2. The molecule has 0 fully saturated rings. The second kappa shape index (κ2) is 10.8. The monoisotopic (exact) mass is 503 g/mol. The van der Waals surface area contributed by atoms with Gasteiger partial charge in [0.25, 0.3) is 0 Å². The van der Waals surface area contributed by atoms with Crippen molar-refractivity contribution in [1.29, 1.82) is 0 Å². The van der Waals surface area contributed by atoms with Gasteiger partial charge in [-0.3, -0.25) is 4.55 Å². The molecule has 0 aliphatic carbocycles. The summed E-state index contributed by atoms with van der Waals surface area (Å²) in [4.78, 5) is 11.5. The van der Waals surface area contributed by atoms with Crippen LogP contribution in [0.15, 0.2) is 64.6 Å². The number of unbranched alkanes of at least 4 members (excludes halogenated alkanes) is 2. The minimum atomic E-state index is -4.62. The Hall–Kier alpha value is -2.84. The molecule has 0 amide bonds. The zero-order chi connectivity index (χ0) is 25.6. The molecular weight excluding hydrogens is 466 g/mol. The van der Waals surface area contributed by atoms with Crippen molar-refractivity contribution in [3.05, 3.63) is 54.8 Å². The minimum Gasteiger partial charge on any atom is -0.493 e. The summed E-state index contributed by atoms with van der Waals surface area (Å²) >= 11 is 0. The fourth-order valence-corrected chi connectivity index (χ4v) is 8.64. The molecule has 192 valence electrons. The van der Waals surface area contributed by atoms with Crippen molar-refractivity contribution in [1.82, 2.24) is 0 Å². The third-order valence-electron chi connectivity index (χ3n) is 6.70. The number of hydrogen-bond acceptors (Lipinski definition) is 5. The van der Waals surface area contributed by atoms with Crippen LogP contribution in [0.2, 0.25) is 0 Å². The summed E-state index contributed by atoms with van der Waals surface area (Å²) in [5, 5.41) is 12.4. The van der Waals surface area contributed by atoms with E-state index in [2.05, 4.69) is 19.2 Å². The number of methoxy groups -OCH3 is 1. The minimum absolute atomic E-state index is 0.102.